The molecule has 0 bridgehead atoms. The first kappa shape index (κ1) is 20.8. The van der Waals surface area contributed by atoms with Gasteiger partial charge in [0.1, 0.15) is 11.4 Å². The van der Waals surface area contributed by atoms with Crippen LogP contribution < -0.4 is 21.7 Å². The maximum Gasteiger partial charge on any atom is 0.272 e. The zero-order valence-corrected chi connectivity index (χ0v) is 17.1. The molecule has 1 heterocycles. The normalized spacial score (nSPS) is 14.4. The maximum absolute atomic E-state index is 13.3. The lowest BCUT2D eigenvalue weighted by molar-refractivity contribution is -0.120. The van der Waals surface area contributed by atoms with Crippen molar-refractivity contribution in [3.8, 4) is 0 Å². The fourth-order valence-corrected chi connectivity index (χ4v) is 4.30. The van der Waals surface area contributed by atoms with Crippen molar-refractivity contribution in [2.24, 2.45) is 5.73 Å². The van der Waals surface area contributed by atoms with E-state index in [0.717, 1.165) is 42.8 Å². The molecule has 0 aliphatic heterocycles. The van der Waals surface area contributed by atoms with Crippen LogP contribution in [0.5, 0.6) is 0 Å². The van der Waals surface area contributed by atoms with Gasteiger partial charge in [0, 0.05) is 11.7 Å². The summed E-state index contributed by atoms with van der Waals surface area (Å²) in [7, 11) is 0. The quantitative estimate of drug-likeness (QED) is 0.666. The summed E-state index contributed by atoms with van der Waals surface area (Å²) in [4.78, 5) is 38.9. The SMILES string of the molecule is Cc1ccccc1N(CC(=O)NC1CCCCC1)C(=O)c1snc(C(N)=O)c1N. The van der Waals surface area contributed by atoms with E-state index in [1.165, 1.54) is 11.3 Å². The molecule has 2 aromatic rings. The van der Waals surface area contributed by atoms with E-state index < -0.39 is 11.8 Å². The number of nitrogen functional groups attached to an aromatic ring is 1. The number of anilines is 2. The molecule has 1 saturated carbocycles. The lowest BCUT2D eigenvalue weighted by Gasteiger charge is -2.27. The van der Waals surface area contributed by atoms with E-state index in [-0.39, 0.29) is 34.8 Å². The van der Waals surface area contributed by atoms with Crippen LogP contribution >= 0.6 is 11.5 Å². The van der Waals surface area contributed by atoms with Crippen LogP contribution in [0.25, 0.3) is 0 Å². The number of benzene rings is 1. The van der Waals surface area contributed by atoms with Gasteiger partial charge in [-0.1, -0.05) is 37.5 Å². The zero-order valence-electron chi connectivity index (χ0n) is 16.3. The number of carbonyl (C=O) groups excluding carboxylic acids is 3. The summed E-state index contributed by atoms with van der Waals surface area (Å²) >= 11 is 0.805. The lowest BCUT2D eigenvalue weighted by Crippen LogP contribution is -2.45. The molecule has 3 amide bonds. The number of amides is 3. The summed E-state index contributed by atoms with van der Waals surface area (Å²) in [5, 5.41) is 3.03. The minimum absolute atomic E-state index is 0.0567. The molecule has 0 radical (unpaired) electrons. The first-order chi connectivity index (χ1) is 13.9. The van der Waals surface area contributed by atoms with Crippen LogP contribution in [-0.4, -0.2) is 34.7 Å². The predicted molar refractivity (Wildman–Crippen MR) is 113 cm³/mol. The smallest absolute Gasteiger partial charge is 0.272 e. The number of nitrogens with two attached hydrogens (primary N) is 2. The molecular formula is C20H25N5O3S. The van der Waals surface area contributed by atoms with Crippen molar-refractivity contribution in [3.63, 3.8) is 0 Å². The molecule has 0 saturated heterocycles. The third-order valence-corrected chi connectivity index (χ3v) is 5.93. The van der Waals surface area contributed by atoms with E-state index in [2.05, 4.69) is 9.69 Å². The maximum atomic E-state index is 13.3. The van der Waals surface area contributed by atoms with Crippen LogP contribution in [0.1, 0.15) is 57.8 Å². The van der Waals surface area contributed by atoms with E-state index >= 15 is 0 Å². The molecule has 1 fully saturated rings. The predicted octanol–water partition coefficient (Wildman–Crippen LogP) is 2.23. The van der Waals surface area contributed by atoms with Crippen LogP contribution in [0, 0.1) is 6.92 Å². The highest BCUT2D eigenvalue weighted by Crippen LogP contribution is 2.27. The fraction of sp³-hybridized carbons (Fsp3) is 0.400. The van der Waals surface area contributed by atoms with Crippen molar-refractivity contribution in [3.05, 3.63) is 40.4 Å². The van der Waals surface area contributed by atoms with Gasteiger partial charge in [-0.15, -0.1) is 0 Å². The molecule has 1 aromatic heterocycles. The first-order valence-corrected chi connectivity index (χ1v) is 10.4. The van der Waals surface area contributed by atoms with Crippen molar-refractivity contribution < 1.29 is 14.4 Å². The second-order valence-corrected chi connectivity index (χ2v) is 7.99. The Balaban J connectivity index is 1.87. The van der Waals surface area contributed by atoms with Crippen molar-refractivity contribution in [1.82, 2.24) is 9.69 Å². The van der Waals surface area contributed by atoms with Crippen molar-refractivity contribution in [2.75, 3.05) is 17.2 Å². The average molecular weight is 416 g/mol. The highest BCUT2D eigenvalue weighted by molar-refractivity contribution is 7.09. The number of hydrogen-bond donors (Lipinski definition) is 3. The Hall–Kier alpha value is -2.94. The first-order valence-electron chi connectivity index (χ1n) is 9.60. The van der Waals surface area contributed by atoms with E-state index in [4.69, 9.17) is 11.5 Å². The Morgan fingerprint density at radius 2 is 1.90 bits per heavy atom. The molecule has 1 aliphatic carbocycles. The van der Waals surface area contributed by atoms with Gasteiger partial charge in [0.15, 0.2) is 5.69 Å². The molecule has 0 atom stereocenters. The van der Waals surface area contributed by atoms with E-state index in [0.29, 0.717) is 5.69 Å². The lowest BCUT2D eigenvalue weighted by atomic mass is 9.95. The summed E-state index contributed by atoms with van der Waals surface area (Å²) in [5.74, 6) is -1.51. The van der Waals surface area contributed by atoms with Gasteiger partial charge in [-0.3, -0.25) is 19.3 Å². The van der Waals surface area contributed by atoms with Crippen molar-refractivity contribution >= 4 is 40.6 Å². The molecule has 3 rings (SSSR count). The van der Waals surface area contributed by atoms with Gasteiger partial charge < -0.3 is 16.8 Å². The van der Waals surface area contributed by atoms with Gasteiger partial charge in [-0.2, -0.15) is 4.37 Å². The molecule has 29 heavy (non-hydrogen) atoms. The number of carbonyl (C=O) groups is 3. The van der Waals surface area contributed by atoms with Gasteiger partial charge in [-0.05, 0) is 42.9 Å². The number of nitrogens with one attached hydrogen (secondary N) is 1. The van der Waals surface area contributed by atoms with Gasteiger partial charge in [0.25, 0.3) is 11.8 Å². The van der Waals surface area contributed by atoms with Gasteiger partial charge >= 0.3 is 0 Å². The molecule has 0 spiro atoms. The van der Waals surface area contributed by atoms with Crippen LogP contribution in [-0.2, 0) is 4.79 Å². The molecule has 9 heteroatoms. The fourth-order valence-electron chi connectivity index (χ4n) is 3.55. The minimum Gasteiger partial charge on any atom is -0.395 e. The summed E-state index contributed by atoms with van der Waals surface area (Å²) < 4.78 is 3.90. The molecule has 8 nitrogen and oxygen atoms in total. The molecular weight excluding hydrogens is 390 g/mol. The molecule has 154 valence electrons. The van der Waals surface area contributed by atoms with E-state index in [1.807, 2.05) is 19.1 Å². The minimum atomic E-state index is -0.796. The van der Waals surface area contributed by atoms with Crippen molar-refractivity contribution in [2.45, 2.75) is 45.1 Å². The largest absolute Gasteiger partial charge is 0.395 e. The van der Waals surface area contributed by atoms with E-state index in [1.54, 1.807) is 12.1 Å². The third kappa shape index (κ3) is 4.73. The van der Waals surface area contributed by atoms with Crippen LogP contribution in [0.15, 0.2) is 24.3 Å². The standard InChI is InChI=1S/C20H25N5O3S/c1-12-7-5-6-10-14(12)25(11-15(26)23-13-8-3-2-4-9-13)20(28)18-16(21)17(19(22)27)24-29-18/h5-7,10,13H,2-4,8-9,11,21H2,1H3,(H2,22,27)(H,23,26). The molecule has 1 aliphatic rings. The molecule has 0 unspecified atom stereocenters. The van der Waals surface area contributed by atoms with Gasteiger partial charge in [0.2, 0.25) is 5.91 Å². The van der Waals surface area contributed by atoms with E-state index in [9.17, 15) is 14.4 Å². The Morgan fingerprint density at radius 1 is 1.21 bits per heavy atom. The van der Waals surface area contributed by atoms with Gasteiger partial charge in [-0.25, -0.2) is 0 Å². The number of nitrogens with zero attached hydrogens (tertiary/aromatic N) is 2. The van der Waals surface area contributed by atoms with Crippen molar-refractivity contribution in [1.29, 1.82) is 0 Å². The Bertz CT molecular complexity index is 921. The monoisotopic (exact) mass is 415 g/mol. The highest BCUT2D eigenvalue weighted by atomic mass is 32.1. The molecule has 5 N–H and O–H groups in total. The summed E-state index contributed by atoms with van der Waals surface area (Å²) in [6, 6.07) is 7.43. The third-order valence-electron chi connectivity index (χ3n) is 5.08. The number of para-hydroxylation sites is 1. The Morgan fingerprint density at radius 3 is 2.52 bits per heavy atom. The molecule has 1 aromatic carbocycles. The second kappa shape index (κ2) is 9.04. The number of aryl methyl sites for hydroxylation is 1. The van der Waals surface area contributed by atoms with Crippen LogP contribution in [0.2, 0.25) is 0 Å². The second-order valence-electron chi connectivity index (χ2n) is 7.22. The summed E-state index contributed by atoms with van der Waals surface area (Å²) in [6.07, 6.45) is 5.28. The Kier molecular flexibility index (Phi) is 6.48. The number of hydrogen-bond acceptors (Lipinski definition) is 6. The number of rotatable bonds is 6. The van der Waals surface area contributed by atoms with Gasteiger partial charge in [0.05, 0.1) is 5.69 Å². The highest BCUT2D eigenvalue weighted by Gasteiger charge is 2.28. The summed E-state index contributed by atoms with van der Waals surface area (Å²) in [6.45, 7) is 1.71. The average Bonchev–Trinajstić information content (AvgIpc) is 3.09. The summed E-state index contributed by atoms with van der Waals surface area (Å²) in [5.41, 5.74) is 12.5. The number of aromatic nitrogens is 1. The Labute approximate surface area is 173 Å². The topological polar surface area (TPSA) is 131 Å². The van der Waals surface area contributed by atoms with Crippen LogP contribution in [0.4, 0.5) is 11.4 Å². The van der Waals surface area contributed by atoms with Crippen LogP contribution in [0.3, 0.4) is 0 Å². The number of primary amides is 1. The zero-order chi connectivity index (χ0) is 21.0.